The molecule has 1 unspecified atom stereocenters. The van der Waals surface area contributed by atoms with Gasteiger partial charge in [-0.3, -0.25) is 0 Å². The summed E-state index contributed by atoms with van der Waals surface area (Å²) in [6, 6.07) is 2.48. The van der Waals surface area contributed by atoms with Crippen molar-refractivity contribution in [2.45, 2.75) is 80.9 Å². The van der Waals surface area contributed by atoms with Crippen LogP contribution in [0.4, 0.5) is 0 Å². The molecule has 1 aliphatic carbocycles. The third-order valence-electron chi connectivity index (χ3n) is 4.56. The molecular weight excluding hydrogens is 411 g/mol. The Labute approximate surface area is 167 Å². The van der Waals surface area contributed by atoms with Gasteiger partial charge < -0.3 is 9.05 Å². The molecule has 1 saturated heterocycles. The van der Waals surface area contributed by atoms with Crippen molar-refractivity contribution in [2.75, 3.05) is 12.9 Å². The van der Waals surface area contributed by atoms with Crippen molar-refractivity contribution in [3.05, 3.63) is 0 Å². The summed E-state index contributed by atoms with van der Waals surface area (Å²) in [5, 5.41) is 8.84. The first-order valence-corrected chi connectivity index (χ1v) is 14.2. The van der Waals surface area contributed by atoms with Gasteiger partial charge in [-0.2, -0.15) is 5.26 Å². The molecule has 2 rings (SSSR count). The Morgan fingerprint density at radius 1 is 1.31 bits per heavy atom. The number of hydrogen-bond acceptors (Lipinski definition) is 8. The summed E-state index contributed by atoms with van der Waals surface area (Å²) in [7, 11) is -1.58. The maximum absolute atomic E-state index is 12.3. The molecule has 0 aromatic carbocycles. The fraction of sp³-hybridized carbons (Fsp3) is 0.938. The van der Waals surface area contributed by atoms with E-state index >= 15 is 0 Å². The van der Waals surface area contributed by atoms with Gasteiger partial charge in [0.1, 0.15) is 10.7 Å². The second-order valence-corrected chi connectivity index (χ2v) is 14.0. The minimum absolute atomic E-state index is 0.128. The van der Waals surface area contributed by atoms with Gasteiger partial charge in [0.25, 0.3) is 8.53 Å². The molecule has 0 aromatic rings. The Balaban J connectivity index is 2.26. The van der Waals surface area contributed by atoms with E-state index in [1.54, 1.807) is 10.8 Å². The Kier molecular flexibility index (Phi) is 8.13. The molecule has 2 fully saturated rings. The highest BCUT2D eigenvalue weighted by Crippen LogP contribution is 2.65. The first-order chi connectivity index (χ1) is 12.1. The minimum atomic E-state index is -3.23. The molecule has 1 heterocycles. The highest BCUT2D eigenvalue weighted by Gasteiger charge is 2.59. The average Bonchev–Trinajstić information content (AvgIpc) is 2.86. The lowest BCUT2D eigenvalue weighted by Crippen LogP contribution is -2.49. The first kappa shape index (κ1) is 22.7. The summed E-state index contributed by atoms with van der Waals surface area (Å²) in [4.78, 5) is 0. The maximum atomic E-state index is 12.3. The molecule has 26 heavy (non-hydrogen) atoms. The van der Waals surface area contributed by atoms with E-state index in [0.717, 1.165) is 19.3 Å². The smallest absolute Gasteiger partial charge is 0.259 e. The molecule has 150 valence electrons. The molecule has 10 heteroatoms. The molecule has 0 N–H and O–H groups in total. The Bertz CT molecular complexity index is 611. The number of rotatable bonds is 9. The topological polar surface area (TPSA) is 79.6 Å². The molecule has 6 nitrogen and oxygen atoms in total. The van der Waals surface area contributed by atoms with Crippen LogP contribution in [0.1, 0.15) is 53.4 Å². The standard InChI is InChI=1S/C16H29N2O4PS3/c1-12(2)18(13(3)4)23(21-11-7-10-17)22-14-15(26(5,19)20)24-25-16(14)8-6-9-16/h12-15H,6-9,11H2,1-5H3/t14-,15+,23?/m1/s1. The van der Waals surface area contributed by atoms with E-state index in [2.05, 4.69) is 38.4 Å². The van der Waals surface area contributed by atoms with Crippen LogP contribution in [0.2, 0.25) is 0 Å². The van der Waals surface area contributed by atoms with Crippen LogP contribution in [0.3, 0.4) is 0 Å². The summed E-state index contributed by atoms with van der Waals surface area (Å²) < 4.78 is 38.6. The van der Waals surface area contributed by atoms with E-state index in [9.17, 15) is 8.42 Å². The zero-order valence-electron chi connectivity index (χ0n) is 16.0. The van der Waals surface area contributed by atoms with Gasteiger partial charge in [-0.15, -0.1) is 0 Å². The van der Waals surface area contributed by atoms with Crippen LogP contribution in [0.25, 0.3) is 0 Å². The van der Waals surface area contributed by atoms with E-state index in [4.69, 9.17) is 14.3 Å². The molecule has 3 atom stereocenters. The van der Waals surface area contributed by atoms with Gasteiger partial charge in [-0.25, -0.2) is 13.1 Å². The van der Waals surface area contributed by atoms with Gasteiger partial charge in [0.05, 0.1) is 23.8 Å². The van der Waals surface area contributed by atoms with Gasteiger partial charge in [-0.1, -0.05) is 28.0 Å². The van der Waals surface area contributed by atoms with Crippen LogP contribution >= 0.6 is 30.1 Å². The second kappa shape index (κ2) is 9.30. The van der Waals surface area contributed by atoms with E-state index in [-0.39, 0.29) is 22.9 Å². The number of nitrogens with zero attached hydrogens (tertiary/aromatic N) is 2. The van der Waals surface area contributed by atoms with Gasteiger partial charge in [0.2, 0.25) is 0 Å². The quantitative estimate of drug-likeness (QED) is 0.298. The SMILES string of the molecule is CC(C)N(C(C)C)P(OCCC#N)O[C@@H]1[C@H](S(C)(=O)=O)SSC12CCC2. The molecule has 1 spiro atoms. The summed E-state index contributed by atoms with van der Waals surface area (Å²) in [5.74, 6) is 0. The zero-order valence-corrected chi connectivity index (χ0v) is 19.4. The lowest BCUT2D eigenvalue weighted by molar-refractivity contribution is 0.0908. The monoisotopic (exact) mass is 440 g/mol. The van der Waals surface area contributed by atoms with Crippen molar-refractivity contribution >= 4 is 40.0 Å². The fourth-order valence-corrected chi connectivity index (χ4v) is 11.8. The largest absolute Gasteiger partial charge is 0.321 e. The first-order valence-electron chi connectivity index (χ1n) is 8.91. The predicted molar refractivity (Wildman–Crippen MR) is 110 cm³/mol. The van der Waals surface area contributed by atoms with Gasteiger partial charge in [-0.05, 0) is 40.5 Å². The van der Waals surface area contributed by atoms with E-state index in [0.29, 0.717) is 13.0 Å². The molecule has 0 radical (unpaired) electrons. The molecule has 1 saturated carbocycles. The molecule has 0 bridgehead atoms. The number of hydrogen-bond donors (Lipinski definition) is 0. The number of sulfone groups is 1. The summed E-state index contributed by atoms with van der Waals surface area (Å²) in [6.07, 6.45) is 4.27. The number of nitriles is 1. The van der Waals surface area contributed by atoms with Crippen molar-refractivity contribution in [3.8, 4) is 6.07 Å². The van der Waals surface area contributed by atoms with E-state index in [1.807, 2.05) is 0 Å². The highest BCUT2D eigenvalue weighted by atomic mass is 33.1. The predicted octanol–water partition coefficient (Wildman–Crippen LogP) is 4.34. The van der Waals surface area contributed by atoms with Crippen molar-refractivity contribution in [1.29, 1.82) is 5.26 Å². The van der Waals surface area contributed by atoms with Gasteiger partial charge in [0, 0.05) is 18.3 Å². The zero-order chi connectivity index (χ0) is 19.5. The lowest BCUT2D eigenvalue weighted by atomic mass is 9.80. The lowest BCUT2D eigenvalue weighted by Gasteiger charge is -2.45. The van der Waals surface area contributed by atoms with Crippen LogP contribution in [0.15, 0.2) is 0 Å². The molecular formula is C16H29N2O4PS3. The third-order valence-corrected chi connectivity index (χ3v) is 12.9. The molecule has 0 aromatic heterocycles. The molecule has 1 aliphatic heterocycles. The Hall–Kier alpha value is 0.450. The van der Waals surface area contributed by atoms with Crippen molar-refractivity contribution < 1.29 is 17.5 Å². The van der Waals surface area contributed by atoms with E-state index in [1.165, 1.54) is 17.0 Å². The fourth-order valence-electron chi connectivity index (χ4n) is 3.22. The normalized spacial score (nSPS) is 26.4. The van der Waals surface area contributed by atoms with Crippen LogP contribution in [0, 0.1) is 11.3 Å². The maximum Gasteiger partial charge on any atom is 0.259 e. The second-order valence-electron chi connectivity index (χ2n) is 7.37. The minimum Gasteiger partial charge on any atom is -0.321 e. The Morgan fingerprint density at radius 2 is 1.92 bits per heavy atom. The van der Waals surface area contributed by atoms with Gasteiger partial charge in [0.15, 0.2) is 9.84 Å². The van der Waals surface area contributed by atoms with Crippen molar-refractivity contribution in [1.82, 2.24) is 4.67 Å². The van der Waals surface area contributed by atoms with Crippen molar-refractivity contribution in [3.63, 3.8) is 0 Å². The summed E-state index contributed by atoms with van der Waals surface area (Å²) in [6.45, 7) is 8.62. The van der Waals surface area contributed by atoms with Crippen LogP contribution < -0.4 is 0 Å². The Morgan fingerprint density at radius 3 is 2.35 bits per heavy atom. The average molecular weight is 441 g/mol. The summed E-state index contributed by atoms with van der Waals surface area (Å²) >= 11 is 0. The van der Waals surface area contributed by atoms with Gasteiger partial charge >= 0.3 is 0 Å². The van der Waals surface area contributed by atoms with Crippen LogP contribution in [-0.4, -0.2) is 53.5 Å². The van der Waals surface area contributed by atoms with Crippen LogP contribution in [0.5, 0.6) is 0 Å². The summed E-state index contributed by atoms with van der Waals surface area (Å²) in [5.41, 5.74) is 0. The molecule has 0 amide bonds. The third kappa shape index (κ3) is 5.08. The van der Waals surface area contributed by atoms with Crippen LogP contribution in [-0.2, 0) is 18.9 Å². The molecule has 2 aliphatic rings. The highest BCUT2D eigenvalue weighted by molar-refractivity contribution is 8.79. The van der Waals surface area contributed by atoms with E-state index < -0.39 is 22.9 Å². The van der Waals surface area contributed by atoms with Crippen molar-refractivity contribution in [2.24, 2.45) is 0 Å².